The number of aliphatic hydroxyl groups is 1. The fourth-order valence-corrected chi connectivity index (χ4v) is 6.12. The molecule has 4 heterocycles. The van der Waals surface area contributed by atoms with Gasteiger partial charge in [-0.05, 0) is 74.1 Å². The van der Waals surface area contributed by atoms with Gasteiger partial charge in [0.1, 0.15) is 11.9 Å². The number of piperidine rings is 1. The zero-order valence-electron chi connectivity index (χ0n) is 15.9. The Balaban J connectivity index is 1.68. The molecule has 2 fully saturated rings. The molecule has 2 bridgehead atoms. The van der Waals surface area contributed by atoms with Gasteiger partial charge in [-0.3, -0.25) is 4.40 Å². The number of imidazole rings is 1. The number of nitrogens with zero attached hydrogens (tertiary/aromatic N) is 4. The molecule has 3 aromatic rings. The van der Waals surface area contributed by atoms with Crippen LogP contribution in [-0.2, 0) is 12.8 Å². The Morgan fingerprint density at radius 3 is 2.61 bits per heavy atom. The topological polar surface area (TPSA) is 64.6 Å². The van der Waals surface area contributed by atoms with Gasteiger partial charge in [0, 0.05) is 18.7 Å². The van der Waals surface area contributed by atoms with Gasteiger partial charge in [-0.1, -0.05) is 12.1 Å². The van der Waals surface area contributed by atoms with Crippen molar-refractivity contribution < 1.29 is 5.11 Å². The van der Waals surface area contributed by atoms with Gasteiger partial charge in [0.05, 0.1) is 16.6 Å². The van der Waals surface area contributed by atoms with E-state index < -0.39 is 0 Å². The quantitative estimate of drug-likeness (QED) is 0.747. The highest BCUT2D eigenvalue weighted by Crippen LogP contribution is 2.46. The number of hydrogen-bond acceptors (Lipinski definition) is 4. The molecular weight excluding hydrogens is 348 g/mol. The van der Waals surface area contributed by atoms with E-state index in [1.165, 1.54) is 29.8 Å². The largest absolute Gasteiger partial charge is 0.396 e. The first kappa shape index (κ1) is 16.4. The van der Waals surface area contributed by atoms with E-state index in [0.717, 1.165) is 54.3 Å². The van der Waals surface area contributed by atoms with Gasteiger partial charge >= 0.3 is 0 Å². The second kappa shape index (κ2) is 5.96. The van der Waals surface area contributed by atoms with Crippen molar-refractivity contribution in [3.8, 4) is 6.07 Å². The number of pyridine rings is 1. The number of aliphatic hydroxyl groups excluding tert-OH is 1. The summed E-state index contributed by atoms with van der Waals surface area (Å²) in [7, 11) is 0. The maximum absolute atomic E-state index is 9.96. The molecule has 0 spiro atoms. The Kier molecular flexibility index (Phi) is 3.48. The van der Waals surface area contributed by atoms with E-state index in [-0.39, 0.29) is 0 Å². The van der Waals surface area contributed by atoms with Crippen LogP contribution in [-0.4, -0.2) is 33.2 Å². The summed E-state index contributed by atoms with van der Waals surface area (Å²) in [5.74, 6) is 1.72. The van der Waals surface area contributed by atoms with Crippen LogP contribution in [0.25, 0.3) is 16.7 Å². The van der Waals surface area contributed by atoms with Gasteiger partial charge in [-0.15, -0.1) is 0 Å². The van der Waals surface area contributed by atoms with Crippen molar-refractivity contribution in [1.82, 2.24) is 9.38 Å². The summed E-state index contributed by atoms with van der Waals surface area (Å²) in [6.07, 6.45) is 7.67. The van der Waals surface area contributed by atoms with Gasteiger partial charge in [-0.2, -0.15) is 5.26 Å². The van der Waals surface area contributed by atoms with Crippen LogP contribution in [0.2, 0.25) is 0 Å². The number of nitriles is 1. The lowest BCUT2D eigenvalue weighted by atomic mass is 9.90. The molecule has 2 aliphatic heterocycles. The van der Waals surface area contributed by atoms with Crippen LogP contribution in [0.15, 0.2) is 24.3 Å². The number of aromatic nitrogens is 2. The number of rotatable bonds is 2. The second-order valence-electron chi connectivity index (χ2n) is 8.69. The van der Waals surface area contributed by atoms with Crippen molar-refractivity contribution >= 4 is 22.5 Å². The zero-order chi connectivity index (χ0) is 18.8. The third-order valence-corrected chi connectivity index (χ3v) is 7.23. The van der Waals surface area contributed by atoms with E-state index in [1.807, 2.05) is 12.1 Å². The fraction of sp³-hybridized carbons (Fsp3) is 0.478. The van der Waals surface area contributed by atoms with Gasteiger partial charge in [0.25, 0.3) is 0 Å². The zero-order valence-corrected chi connectivity index (χ0v) is 15.9. The van der Waals surface area contributed by atoms with Crippen molar-refractivity contribution in [2.45, 2.75) is 57.0 Å². The number of anilines is 1. The summed E-state index contributed by atoms with van der Waals surface area (Å²) < 4.78 is 2.28. The molecule has 28 heavy (non-hydrogen) atoms. The second-order valence-corrected chi connectivity index (χ2v) is 8.69. The van der Waals surface area contributed by atoms with Crippen LogP contribution in [0.4, 0.5) is 5.82 Å². The highest BCUT2D eigenvalue weighted by molar-refractivity contribution is 5.87. The van der Waals surface area contributed by atoms with Crippen molar-refractivity contribution in [2.24, 2.45) is 5.92 Å². The van der Waals surface area contributed by atoms with Gasteiger partial charge < -0.3 is 10.0 Å². The van der Waals surface area contributed by atoms with Crippen LogP contribution in [0.3, 0.4) is 0 Å². The van der Waals surface area contributed by atoms with Gasteiger partial charge in [-0.25, -0.2) is 4.98 Å². The molecule has 0 saturated carbocycles. The van der Waals surface area contributed by atoms with E-state index in [4.69, 9.17) is 4.98 Å². The number of benzene rings is 1. The molecule has 5 nitrogen and oxygen atoms in total. The Morgan fingerprint density at radius 1 is 1.11 bits per heavy atom. The minimum absolute atomic E-state index is 0.301. The summed E-state index contributed by atoms with van der Waals surface area (Å²) in [4.78, 5) is 7.55. The van der Waals surface area contributed by atoms with Crippen molar-refractivity contribution in [2.75, 3.05) is 11.5 Å². The summed E-state index contributed by atoms with van der Waals surface area (Å²) >= 11 is 0. The van der Waals surface area contributed by atoms with E-state index in [0.29, 0.717) is 24.6 Å². The molecule has 1 N–H and O–H groups in total. The lowest BCUT2D eigenvalue weighted by Gasteiger charge is -2.41. The molecule has 2 saturated heterocycles. The van der Waals surface area contributed by atoms with Gasteiger partial charge in [0.15, 0.2) is 5.65 Å². The van der Waals surface area contributed by atoms with Crippen molar-refractivity contribution in [3.63, 3.8) is 0 Å². The first-order valence-electron chi connectivity index (χ1n) is 10.5. The molecule has 142 valence electrons. The molecule has 1 aliphatic carbocycles. The van der Waals surface area contributed by atoms with E-state index in [2.05, 4.69) is 27.5 Å². The van der Waals surface area contributed by atoms with Crippen LogP contribution < -0.4 is 4.90 Å². The lowest BCUT2D eigenvalue weighted by Crippen LogP contribution is -2.45. The monoisotopic (exact) mass is 372 g/mol. The fourth-order valence-electron chi connectivity index (χ4n) is 6.12. The smallest absolute Gasteiger partial charge is 0.157 e. The Labute approximate surface area is 164 Å². The Hall–Kier alpha value is -2.58. The average Bonchev–Trinajstić information content (AvgIpc) is 3.41. The lowest BCUT2D eigenvalue weighted by molar-refractivity contribution is 0.185. The van der Waals surface area contributed by atoms with Crippen LogP contribution in [0, 0.1) is 17.2 Å². The first-order chi connectivity index (χ1) is 13.8. The minimum Gasteiger partial charge on any atom is -0.396 e. The molecule has 1 aromatic carbocycles. The number of hydrogen-bond donors (Lipinski definition) is 1. The minimum atomic E-state index is 0.301. The third kappa shape index (κ3) is 2.07. The van der Waals surface area contributed by atoms with E-state index in [1.54, 1.807) is 0 Å². The molecule has 0 radical (unpaired) electrons. The maximum Gasteiger partial charge on any atom is 0.157 e. The number of fused-ring (bicyclic) bond motifs is 6. The normalized spacial score (nSPS) is 26.1. The predicted octanol–water partition coefficient (Wildman–Crippen LogP) is 3.59. The molecule has 5 heteroatoms. The third-order valence-electron chi connectivity index (χ3n) is 7.23. The molecule has 3 aliphatic rings. The summed E-state index contributed by atoms with van der Waals surface area (Å²) in [6, 6.07) is 11.7. The molecule has 2 aromatic heterocycles. The molecule has 1 unspecified atom stereocenters. The van der Waals surface area contributed by atoms with E-state index >= 15 is 0 Å². The predicted molar refractivity (Wildman–Crippen MR) is 109 cm³/mol. The van der Waals surface area contributed by atoms with Crippen LogP contribution in [0.1, 0.15) is 48.8 Å². The summed E-state index contributed by atoms with van der Waals surface area (Å²) in [6.45, 7) is 0.301. The first-order valence-corrected chi connectivity index (χ1v) is 10.5. The Morgan fingerprint density at radius 2 is 1.86 bits per heavy atom. The molecule has 0 amide bonds. The van der Waals surface area contributed by atoms with Crippen LogP contribution in [0.5, 0.6) is 0 Å². The SMILES string of the molecule is N#Cc1c2c(c(N3[C@@H]4CC[C@H]3CC(CO)C4)n3c1nc1ccccc13)CCC2. The van der Waals surface area contributed by atoms with Gasteiger partial charge in [0.2, 0.25) is 0 Å². The van der Waals surface area contributed by atoms with Crippen molar-refractivity contribution in [1.29, 1.82) is 5.26 Å². The maximum atomic E-state index is 9.96. The average molecular weight is 372 g/mol. The highest BCUT2D eigenvalue weighted by atomic mass is 16.3. The summed E-state index contributed by atoms with van der Waals surface area (Å²) in [5, 5.41) is 19.7. The van der Waals surface area contributed by atoms with Crippen molar-refractivity contribution in [3.05, 3.63) is 41.0 Å². The Bertz CT molecular complexity index is 1130. The standard InChI is InChI=1S/C23H24N4O/c24-12-19-17-4-3-5-18(17)23(26-15-8-9-16(26)11-14(10-15)13-28)27-21-7-2-1-6-20(21)25-22(19)27/h1-2,6-7,14-16,28H,3-5,8-11,13H2/t14?,15-,16+. The molecular formula is C23H24N4O. The molecule has 3 atom stereocenters. The summed E-state index contributed by atoms with van der Waals surface area (Å²) in [5.41, 5.74) is 6.24. The van der Waals surface area contributed by atoms with E-state index in [9.17, 15) is 10.4 Å². The highest BCUT2D eigenvalue weighted by Gasteiger charge is 2.43. The van der Waals surface area contributed by atoms with Crippen LogP contribution >= 0.6 is 0 Å². The number of para-hydroxylation sites is 2. The molecule has 6 rings (SSSR count).